The molecule has 0 aliphatic carbocycles. The molecule has 0 fully saturated rings. The molecule has 0 atom stereocenters. The number of para-hydroxylation sites is 1. The number of thiazole rings is 1. The summed E-state index contributed by atoms with van der Waals surface area (Å²) in [6, 6.07) is 14.9. The number of hydrogen-bond acceptors (Lipinski definition) is 5. The summed E-state index contributed by atoms with van der Waals surface area (Å²) in [7, 11) is 0. The number of aromatic amines is 1. The minimum absolute atomic E-state index is 0.261. The third-order valence-electron chi connectivity index (χ3n) is 4.03. The second-order valence-corrected chi connectivity index (χ2v) is 6.81. The Bertz CT molecular complexity index is 1230. The van der Waals surface area contributed by atoms with Gasteiger partial charge in [0.15, 0.2) is 5.13 Å². The van der Waals surface area contributed by atoms with E-state index in [1.807, 2.05) is 0 Å². The van der Waals surface area contributed by atoms with Crippen molar-refractivity contribution in [2.24, 2.45) is 0 Å². The Hall–Kier alpha value is -3.78. The van der Waals surface area contributed by atoms with Gasteiger partial charge in [0.05, 0.1) is 5.56 Å². The smallest absolute Gasteiger partial charge is 0.257 e. The third kappa shape index (κ3) is 3.67. The monoisotopic (exact) mass is 390 g/mol. The van der Waals surface area contributed by atoms with Crippen molar-refractivity contribution in [3.8, 4) is 0 Å². The van der Waals surface area contributed by atoms with Gasteiger partial charge in [-0.3, -0.25) is 19.7 Å². The number of aromatic nitrogens is 2. The second-order valence-electron chi connectivity index (χ2n) is 5.92. The molecule has 0 aliphatic heterocycles. The number of anilines is 2. The molecule has 0 bridgehead atoms. The van der Waals surface area contributed by atoms with Crippen LogP contribution in [0.4, 0.5) is 10.8 Å². The molecule has 0 radical (unpaired) electrons. The summed E-state index contributed by atoms with van der Waals surface area (Å²) in [4.78, 5) is 43.7. The van der Waals surface area contributed by atoms with Crippen molar-refractivity contribution in [3.05, 3.63) is 87.7 Å². The molecule has 2 aromatic carbocycles. The zero-order valence-corrected chi connectivity index (χ0v) is 15.2. The molecule has 7 nitrogen and oxygen atoms in total. The van der Waals surface area contributed by atoms with E-state index >= 15 is 0 Å². The number of carbonyl (C=O) groups is 2. The van der Waals surface area contributed by atoms with Crippen molar-refractivity contribution in [1.82, 2.24) is 9.97 Å². The summed E-state index contributed by atoms with van der Waals surface area (Å²) in [5.41, 5.74) is 1.30. The van der Waals surface area contributed by atoms with E-state index in [4.69, 9.17) is 0 Å². The van der Waals surface area contributed by atoms with Crippen molar-refractivity contribution >= 4 is 44.9 Å². The molecule has 0 unspecified atom stereocenters. The van der Waals surface area contributed by atoms with Crippen molar-refractivity contribution in [1.29, 1.82) is 0 Å². The van der Waals surface area contributed by atoms with Gasteiger partial charge >= 0.3 is 0 Å². The van der Waals surface area contributed by atoms with E-state index in [0.29, 0.717) is 27.3 Å². The van der Waals surface area contributed by atoms with Crippen molar-refractivity contribution in [2.45, 2.75) is 0 Å². The lowest BCUT2D eigenvalue weighted by Gasteiger charge is -2.09. The van der Waals surface area contributed by atoms with Crippen LogP contribution in [0.15, 0.2) is 71.0 Å². The van der Waals surface area contributed by atoms with E-state index < -0.39 is 5.91 Å². The molecule has 0 saturated carbocycles. The normalized spacial score (nSPS) is 10.6. The van der Waals surface area contributed by atoms with Crippen LogP contribution in [0.2, 0.25) is 0 Å². The van der Waals surface area contributed by atoms with Gasteiger partial charge in [0.2, 0.25) is 5.56 Å². The van der Waals surface area contributed by atoms with Crippen LogP contribution in [0.5, 0.6) is 0 Å². The average Bonchev–Trinajstić information content (AvgIpc) is 3.20. The predicted molar refractivity (Wildman–Crippen MR) is 109 cm³/mol. The van der Waals surface area contributed by atoms with Gasteiger partial charge in [-0.15, -0.1) is 11.3 Å². The summed E-state index contributed by atoms with van der Waals surface area (Å²) in [5.74, 6) is -0.757. The van der Waals surface area contributed by atoms with Crippen LogP contribution < -0.4 is 16.2 Å². The van der Waals surface area contributed by atoms with Crippen LogP contribution in [0, 0.1) is 0 Å². The van der Waals surface area contributed by atoms with E-state index in [0.717, 1.165) is 0 Å². The van der Waals surface area contributed by atoms with Gasteiger partial charge in [-0.1, -0.05) is 24.3 Å². The molecule has 2 aromatic heterocycles. The fourth-order valence-electron chi connectivity index (χ4n) is 2.78. The Morgan fingerprint density at radius 3 is 2.64 bits per heavy atom. The molecular formula is C20H14N4O3S. The van der Waals surface area contributed by atoms with Gasteiger partial charge in [-0.2, -0.15) is 0 Å². The molecule has 4 aromatic rings. The lowest BCUT2D eigenvalue weighted by atomic mass is 10.1. The second kappa shape index (κ2) is 7.45. The molecule has 0 saturated heterocycles. The van der Waals surface area contributed by atoms with Gasteiger partial charge in [-0.05, 0) is 24.3 Å². The predicted octanol–water partition coefficient (Wildman–Crippen LogP) is 3.49. The first-order chi connectivity index (χ1) is 13.6. The standard InChI is InChI=1S/C20H14N4O3S/c25-17-11-15(14-6-1-2-7-16(14)23-17)19(27)22-13-5-3-4-12(10-13)18(26)24-20-21-8-9-28-20/h1-11H,(H,22,27)(H,23,25)(H,21,24,26). The molecule has 3 N–H and O–H groups in total. The molecule has 2 heterocycles. The van der Waals surface area contributed by atoms with E-state index in [9.17, 15) is 14.4 Å². The molecule has 0 spiro atoms. The first-order valence-corrected chi connectivity index (χ1v) is 9.22. The van der Waals surface area contributed by atoms with Gasteiger partial charge < -0.3 is 10.3 Å². The highest BCUT2D eigenvalue weighted by atomic mass is 32.1. The Labute approximate surface area is 163 Å². The number of amides is 2. The maximum atomic E-state index is 12.7. The number of carbonyl (C=O) groups excluding carboxylic acids is 2. The fraction of sp³-hybridized carbons (Fsp3) is 0. The van der Waals surface area contributed by atoms with Crippen molar-refractivity contribution in [3.63, 3.8) is 0 Å². The molecule has 28 heavy (non-hydrogen) atoms. The van der Waals surface area contributed by atoms with E-state index in [1.54, 1.807) is 60.1 Å². The average molecular weight is 390 g/mol. The van der Waals surface area contributed by atoms with E-state index in [1.165, 1.54) is 17.4 Å². The Morgan fingerprint density at radius 2 is 1.82 bits per heavy atom. The summed E-state index contributed by atoms with van der Waals surface area (Å²) in [6.07, 6.45) is 1.60. The lowest BCUT2D eigenvalue weighted by molar-refractivity contribution is 0.101. The van der Waals surface area contributed by atoms with Crippen LogP contribution in [-0.2, 0) is 0 Å². The molecule has 0 aliphatic rings. The van der Waals surface area contributed by atoms with Gasteiger partial charge in [0.1, 0.15) is 0 Å². The molecule has 4 rings (SSSR count). The molecule has 8 heteroatoms. The fourth-order valence-corrected chi connectivity index (χ4v) is 3.31. The Kier molecular flexibility index (Phi) is 4.69. The van der Waals surface area contributed by atoms with E-state index in [2.05, 4.69) is 20.6 Å². The highest BCUT2D eigenvalue weighted by Crippen LogP contribution is 2.18. The zero-order valence-electron chi connectivity index (χ0n) is 14.4. The summed E-state index contributed by atoms with van der Waals surface area (Å²) in [6.45, 7) is 0. The number of rotatable bonds is 4. The van der Waals surface area contributed by atoms with Gasteiger partial charge in [0, 0.05) is 39.8 Å². The molecular weight excluding hydrogens is 376 g/mol. The van der Waals surface area contributed by atoms with Crippen LogP contribution in [0.3, 0.4) is 0 Å². The maximum Gasteiger partial charge on any atom is 0.257 e. The Morgan fingerprint density at radius 1 is 0.964 bits per heavy atom. The minimum atomic E-state index is -0.431. The van der Waals surface area contributed by atoms with Crippen LogP contribution in [-0.4, -0.2) is 21.8 Å². The third-order valence-corrected chi connectivity index (χ3v) is 4.72. The quantitative estimate of drug-likeness (QED) is 0.496. The van der Waals surface area contributed by atoms with Crippen LogP contribution in [0.1, 0.15) is 20.7 Å². The first kappa shape index (κ1) is 17.6. The number of nitrogens with one attached hydrogen (secondary N) is 3. The van der Waals surface area contributed by atoms with Crippen molar-refractivity contribution < 1.29 is 9.59 Å². The maximum absolute atomic E-state index is 12.7. The van der Waals surface area contributed by atoms with E-state index in [-0.39, 0.29) is 17.0 Å². The minimum Gasteiger partial charge on any atom is -0.322 e. The topological polar surface area (TPSA) is 104 Å². The van der Waals surface area contributed by atoms with Crippen molar-refractivity contribution in [2.75, 3.05) is 10.6 Å². The first-order valence-electron chi connectivity index (χ1n) is 8.34. The highest BCUT2D eigenvalue weighted by molar-refractivity contribution is 7.13. The van der Waals surface area contributed by atoms with Crippen LogP contribution in [0.25, 0.3) is 10.9 Å². The number of hydrogen-bond donors (Lipinski definition) is 3. The summed E-state index contributed by atoms with van der Waals surface area (Å²) >= 11 is 1.32. The SMILES string of the molecule is O=C(Nc1nccs1)c1cccc(NC(=O)c2cc(=O)[nH]c3ccccc23)c1. The zero-order chi connectivity index (χ0) is 19.5. The van der Waals surface area contributed by atoms with Gasteiger partial charge in [0.25, 0.3) is 11.8 Å². The number of benzene rings is 2. The number of fused-ring (bicyclic) bond motifs is 1. The lowest BCUT2D eigenvalue weighted by Crippen LogP contribution is -2.17. The number of nitrogens with zero attached hydrogens (tertiary/aromatic N) is 1. The Balaban J connectivity index is 1.59. The molecule has 2 amide bonds. The summed E-state index contributed by atoms with van der Waals surface area (Å²) < 4.78 is 0. The number of H-pyrrole nitrogens is 1. The van der Waals surface area contributed by atoms with Gasteiger partial charge in [-0.25, -0.2) is 4.98 Å². The highest BCUT2D eigenvalue weighted by Gasteiger charge is 2.13. The molecule has 138 valence electrons. The number of pyridine rings is 1. The summed E-state index contributed by atoms with van der Waals surface area (Å²) in [5, 5.41) is 8.33. The largest absolute Gasteiger partial charge is 0.322 e. The van der Waals surface area contributed by atoms with Crippen LogP contribution >= 0.6 is 11.3 Å².